The van der Waals surface area contributed by atoms with Crippen LogP contribution in [0.25, 0.3) is 0 Å². The maximum Gasteiger partial charge on any atom is 0.416 e. The lowest BCUT2D eigenvalue weighted by atomic mass is 9.59. The predicted octanol–water partition coefficient (Wildman–Crippen LogP) is 3.79. The molecule has 2 aliphatic rings. The summed E-state index contributed by atoms with van der Waals surface area (Å²) in [5.74, 6) is 0.420. The van der Waals surface area contributed by atoms with Gasteiger partial charge in [0.2, 0.25) is 13.2 Å². The van der Waals surface area contributed by atoms with Crippen LogP contribution in [0.3, 0.4) is 0 Å². The summed E-state index contributed by atoms with van der Waals surface area (Å²) in [5.41, 5.74) is 0. The van der Waals surface area contributed by atoms with Gasteiger partial charge >= 0.3 is 6.09 Å². The quantitative estimate of drug-likeness (QED) is 0.684. The second-order valence-electron chi connectivity index (χ2n) is 8.98. The number of carbonyl (C=O) groups is 3. The Labute approximate surface area is 177 Å². The molecule has 162 valence electrons. The number of hydrogen-bond donors (Lipinski definition) is 1. The van der Waals surface area contributed by atoms with Gasteiger partial charge in [-0.2, -0.15) is 0 Å². The van der Waals surface area contributed by atoms with E-state index in [2.05, 4.69) is 5.32 Å². The van der Waals surface area contributed by atoms with Crippen molar-refractivity contribution < 1.29 is 19.1 Å². The first-order valence-electron chi connectivity index (χ1n) is 11.7. The van der Waals surface area contributed by atoms with E-state index >= 15 is 0 Å². The number of nitrogens with one attached hydrogen (secondary N) is 1. The number of hydrogen-bond acceptors (Lipinski definition) is 4. The first-order valence-corrected chi connectivity index (χ1v) is 11.7. The van der Waals surface area contributed by atoms with Crippen LogP contribution in [0.4, 0.5) is 9.59 Å². The molecule has 2 fully saturated rings. The fourth-order valence-electron chi connectivity index (χ4n) is 4.62. The zero-order valence-electron chi connectivity index (χ0n) is 18.6. The van der Waals surface area contributed by atoms with Crippen LogP contribution in [0.2, 0.25) is 12.6 Å². The van der Waals surface area contributed by atoms with E-state index in [1.54, 1.807) is 0 Å². The third-order valence-electron chi connectivity index (χ3n) is 6.54. The van der Waals surface area contributed by atoms with Crippen LogP contribution in [0.15, 0.2) is 0 Å². The molecule has 8 heteroatoms. The van der Waals surface area contributed by atoms with E-state index in [0.717, 1.165) is 20.1 Å². The molecule has 29 heavy (non-hydrogen) atoms. The molecule has 1 N–H and O–H groups in total. The monoisotopic (exact) mass is 404 g/mol. The highest BCUT2D eigenvalue weighted by Gasteiger charge is 2.33. The van der Waals surface area contributed by atoms with Gasteiger partial charge in [-0.15, -0.1) is 0 Å². The lowest BCUT2D eigenvalue weighted by molar-refractivity contribution is -0.129. The molecule has 0 aliphatic heterocycles. The Kier molecular flexibility index (Phi) is 10.1. The van der Waals surface area contributed by atoms with Gasteiger partial charge in [-0.25, -0.2) is 9.69 Å². The van der Waals surface area contributed by atoms with Crippen LogP contribution in [0, 0.1) is 0 Å². The summed E-state index contributed by atoms with van der Waals surface area (Å²) in [6.07, 6.45) is 11.2. The minimum atomic E-state index is -0.538. The number of ether oxygens (including phenoxy) is 1. The summed E-state index contributed by atoms with van der Waals surface area (Å²) >= 11 is 0. The molecule has 1 atom stereocenters. The molecule has 0 aromatic carbocycles. The van der Waals surface area contributed by atoms with E-state index < -0.39 is 6.09 Å². The molecule has 0 aromatic heterocycles. The fraction of sp³-hybridized carbons (Fsp3) is 0.857. The average Bonchev–Trinajstić information content (AvgIpc) is 2.65. The number of rotatable bonds is 6. The largest absolute Gasteiger partial charge is 0.455 e. The molecule has 0 heterocycles. The van der Waals surface area contributed by atoms with Gasteiger partial charge in [0.25, 0.3) is 0 Å². The number of amides is 3. The van der Waals surface area contributed by atoms with Gasteiger partial charge in [0, 0.05) is 19.0 Å². The van der Waals surface area contributed by atoms with E-state index in [4.69, 9.17) is 4.74 Å². The molecule has 0 bridgehead atoms. The van der Waals surface area contributed by atoms with Crippen molar-refractivity contribution in [3.05, 3.63) is 0 Å². The van der Waals surface area contributed by atoms with Gasteiger partial charge in [0.05, 0.1) is 6.00 Å². The predicted molar refractivity (Wildman–Crippen MR) is 119 cm³/mol. The lowest BCUT2D eigenvalue weighted by Crippen LogP contribution is -2.49. The third kappa shape index (κ3) is 8.06. The summed E-state index contributed by atoms with van der Waals surface area (Å²) in [4.78, 5) is 38.2. The molecule has 2 aliphatic carbocycles. The van der Waals surface area contributed by atoms with Gasteiger partial charge in [0.1, 0.15) is 0 Å². The standard InChI is InChI=1S/C21H38B2N2O4/c1-15(22-3)29-21(28)25(16(2)26)19-13-11-18(12-14-19)24-20(27)23-17-9-7-5-4-6-8-10-17/h15,17-19,22-23H,4-14H2,1-3H3,(H,24,27). The number of carbonyl (C=O) groups excluding carboxylic acids is 3. The van der Waals surface area contributed by atoms with Crippen molar-refractivity contribution in [2.45, 2.75) is 115 Å². The lowest BCUT2D eigenvalue weighted by Gasteiger charge is -2.35. The Hall–Kier alpha value is -1.46. The molecular weight excluding hydrogens is 366 g/mol. The van der Waals surface area contributed by atoms with Gasteiger partial charge in [-0.1, -0.05) is 57.6 Å². The summed E-state index contributed by atoms with van der Waals surface area (Å²) in [6.45, 7) is 5.19. The Morgan fingerprint density at radius 1 is 0.966 bits per heavy atom. The molecule has 6 nitrogen and oxygen atoms in total. The zero-order chi connectivity index (χ0) is 21.2. The van der Waals surface area contributed by atoms with Crippen LogP contribution in [0.5, 0.6) is 0 Å². The smallest absolute Gasteiger partial charge is 0.416 e. The molecule has 0 saturated heterocycles. The first kappa shape index (κ1) is 23.8. The van der Waals surface area contributed by atoms with E-state index in [9.17, 15) is 14.4 Å². The number of imide groups is 1. The second kappa shape index (κ2) is 12.3. The second-order valence-corrected chi connectivity index (χ2v) is 8.98. The van der Waals surface area contributed by atoms with Crippen LogP contribution in [-0.4, -0.2) is 55.4 Å². The van der Waals surface area contributed by atoms with Crippen LogP contribution >= 0.6 is 0 Å². The van der Waals surface area contributed by atoms with Crippen molar-refractivity contribution in [2.24, 2.45) is 0 Å². The first-order chi connectivity index (χ1) is 13.9. The molecule has 2 saturated carbocycles. The van der Waals surface area contributed by atoms with Gasteiger partial charge < -0.3 is 10.1 Å². The molecule has 1 unspecified atom stereocenters. The molecule has 2 rings (SSSR count). The average molecular weight is 404 g/mol. The number of nitrogens with zero attached hydrogens (tertiary/aromatic N) is 1. The van der Waals surface area contributed by atoms with E-state index in [1.165, 1.54) is 56.8 Å². The molecule has 0 radical (unpaired) electrons. The summed E-state index contributed by atoms with van der Waals surface area (Å²) in [6, 6.07) is -0.192. The van der Waals surface area contributed by atoms with Crippen LogP contribution in [-0.2, 0) is 9.53 Å². The van der Waals surface area contributed by atoms with Gasteiger partial charge in [-0.05, 0) is 32.6 Å². The normalized spacial score (nSPS) is 24.4. The molecule has 0 spiro atoms. The Balaban J connectivity index is 1.78. The molecular formula is C21H38B2N2O4. The zero-order valence-corrected chi connectivity index (χ0v) is 18.6. The topological polar surface area (TPSA) is 75.7 Å². The maximum absolute atomic E-state index is 12.5. The van der Waals surface area contributed by atoms with E-state index in [0.29, 0.717) is 25.9 Å². The Morgan fingerprint density at radius 3 is 2.10 bits per heavy atom. The summed E-state index contributed by atoms with van der Waals surface area (Å²) in [5, 5.41) is 3.20. The minimum absolute atomic E-state index is 0.136. The van der Waals surface area contributed by atoms with Gasteiger partial charge in [-0.3, -0.25) is 9.59 Å². The highest BCUT2D eigenvalue weighted by Crippen LogP contribution is 2.27. The van der Waals surface area contributed by atoms with E-state index in [-0.39, 0.29) is 29.8 Å². The SMILES string of the molecule is CBC(C)OC(=O)N(C(C)=O)C1CCC(NC(=O)BC2CCCCCCC2)CC1. The van der Waals surface area contributed by atoms with Gasteiger partial charge in [0.15, 0.2) is 13.1 Å². The van der Waals surface area contributed by atoms with Crippen LogP contribution in [0.1, 0.15) is 84.5 Å². The van der Waals surface area contributed by atoms with Crippen LogP contribution < -0.4 is 5.32 Å². The Bertz CT molecular complexity index is 545. The molecule has 3 amide bonds. The highest BCUT2D eigenvalue weighted by atomic mass is 16.6. The van der Waals surface area contributed by atoms with Crippen molar-refractivity contribution in [3.8, 4) is 0 Å². The highest BCUT2D eigenvalue weighted by molar-refractivity contribution is 6.74. The van der Waals surface area contributed by atoms with Crippen molar-refractivity contribution >= 4 is 32.4 Å². The summed E-state index contributed by atoms with van der Waals surface area (Å²) < 4.78 is 5.37. The fourth-order valence-corrected chi connectivity index (χ4v) is 4.62. The van der Waals surface area contributed by atoms with Crippen molar-refractivity contribution in [3.63, 3.8) is 0 Å². The maximum atomic E-state index is 12.5. The Morgan fingerprint density at radius 2 is 1.55 bits per heavy atom. The summed E-state index contributed by atoms with van der Waals surface area (Å²) in [7, 11) is 1.36. The van der Waals surface area contributed by atoms with Crippen molar-refractivity contribution in [1.29, 1.82) is 0 Å². The molecule has 0 aromatic rings. The minimum Gasteiger partial charge on any atom is -0.455 e. The third-order valence-corrected chi connectivity index (χ3v) is 6.54. The van der Waals surface area contributed by atoms with E-state index in [1.807, 2.05) is 13.7 Å². The van der Waals surface area contributed by atoms with Crippen molar-refractivity contribution in [1.82, 2.24) is 10.2 Å². The van der Waals surface area contributed by atoms with Crippen molar-refractivity contribution in [2.75, 3.05) is 0 Å².